The molecule has 6 heteroatoms. The minimum Gasteiger partial charge on any atom is -0.462 e. The maximum absolute atomic E-state index is 12.7. The van der Waals surface area contributed by atoms with Crippen molar-refractivity contribution >= 4 is 17.9 Å². The van der Waals surface area contributed by atoms with Gasteiger partial charge in [0.25, 0.3) is 0 Å². The maximum Gasteiger partial charge on any atom is 0.306 e. The molecule has 0 bridgehead atoms. The monoisotopic (exact) mass is 807 g/mol. The molecular formula is C52H86O6. The van der Waals surface area contributed by atoms with E-state index in [4.69, 9.17) is 14.2 Å². The number of unbranched alkanes of at least 4 members (excludes halogenated alkanes) is 17. The van der Waals surface area contributed by atoms with Gasteiger partial charge in [-0.2, -0.15) is 0 Å². The Morgan fingerprint density at radius 3 is 1.28 bits per heavy atom. The van der Waals surface area contributed by atoms with Crippen molar-refractivity contribution in [1.29, 1.82) is 0 Å². The third-order valence-electron chi connectivity index (χ3n) is 9.68. The molecule has 0 aromatic rings. The van der Waals surface area contributed by atoms with Gasteiger partial charge >= 0.3 is 17.9 Å². The molecule has 0 saturated carbocycles. The SMILES string of the molecule is CC/C=C\C/C=C\C/C=C\C/C=C\C/C=C\CCC(=O)OCC(COC(=O)CCCCC/C=C\C=C/CCCC)OC(=O)CCCCCCCCCCCCCCC. The van der Waals surface area contributed by atoms with Crippen LogP contribution in [0.4, 0.5) is 0 Å². The summed E-state index contributed by atoms with van der Waals surface area (Å²) in [6.45, 7) is 6.36. The largest absolute Gasteiger partial charge is 0.462 e. The van der Waals surface area contributed by atoms with E-state index in [-0.39, 0.29) is 37.5 Å². The Balaban J connectivity index is 4.52. The summed E-state index contributed by atoms with van der Waals surface area (Å²) in [7, 11) is 0. The highest BCUT2D eigenvalue weighted by atomic mass is 16.6. The number of esters is 3. The predicted molar refractivity (Wildman–Crippen MR) is 247 cm³/mol. The van der Waals surface area contributed by atoms with Crippen LogP contribution in [0, 0.1) is 0 Å². The van der Waals surface area contributed by atoms with E-state index in [2.05, 4.69) is 93.7 Å². The minimum absolute atomic E-state index is 0.113. The first kappa shape index (κ1) is 54.6. The molecule has 330 valence electrons. The van der Waals surface area contributed by atoms with E-state index < -0.39 is 6.10 Å². The highest BCUT2D eigenvalue weighted by Crippen LogP contribution is 2.14. The molecule has 0 aromatic carbocycles. The topological polar surface area (TPSA) is 78.9 Å². The standard InChI is InChI=1S/C52H86O6/c1-4-7-10-13-16-19-22-24-25-26-28-30-33-36-39-42-45-51(54)57-48-49(47-56-50(53)44-41-38-35-32-29-21-18-15-12-9-6-3)58-52(55)46-43-40-37-34-31-27-23-20-17-14-11-8-5-2/h7,10,15-16,18-19,21,24-25,28-30,36,39,49H,4-6,8-9,11-14,17,20,22-23,26-27,31-35,37-38,40-48H2,1-3H3/b10-7-,18-15-,19-16-,25-24-,29-21-,30-28-,39-36-. The second-order valence-electron chi connectivity index (χ2n) is 15.3. The number of ether oxygens (including phenoxy) is 3. The highest BCUT2D eigenvalue weighted by molar-refractivity contribution is 5.71. The summed E-state index contributed by atoms with van der Waals surface area (Å²) in [5.74, 6) is -1.03. The van der Waals surface area contributed by atoms with Crippen molar-refractivity contribution < 1.29 is 28.6 Å². The summed E-state index contributed by atoms with van der Waals surface area (Å²) in [6.07, 6.45) is 58.6. The first-order chi connectivity index (χ1) is 28.5. The summed E-state index contributed by atoms with van der Waals surface area (Å²) in [4.78, 5) is 37.7. The Bertz CT molecular complexity index is 1160. The van der Waals surface area contributed by atoms with Crippen LogP contribution in [0.15, 0.2) is 85.1 Å². The Morgan fingerprint density at radius 1 is 0.379 bits per heavy atom. The molecule has 58 heavy (non-hydrogen) atoms. The van der Waals surface area contributed by atoms with Crippen LogP contribution in [0.2, 0.25) is 0 Å². The number of hydrogen-bond donors (Lipinski definition) is 0. The fraction of sp³-hybridized carbons (Fsp3) is 0.673. The molecule has 0 fully saturated rings. The average molecular weight is 807 g/mol. The van der Waals surface area contributed by atoms with Crippen molar-refractivity contribution in [2.75, 3.05) is 13.2 Å². The zero-order valence-electron chi connectivity index (χ0n) is 37.5. The zero-order chi connectivity index (χ0) is 42.3. The molecule has 0 aliphatic carbocycles. The minimum atomic E-state index is -0.813. The molecule has 0 N–H and O–H groups in total. The van der Waals surface area contributed by atoms with E-state index in [1.807, 2.05) is 12.2 Å². The lowest BCUT2D eigenvalue weighted by Crippen LogP contribution is -2.30. The molecule has 0 radical (unpaired) electrons. The molecular weight excluding hydrogens is 721 g/mol. The number of carbonyl (C=O) groups is 3. The number of allylic oxidation sites excluding steroid dienone is 14. The van der Waals surface area contributed by atoms with Gasteiger partial charge in [0.1, 0.15) is 13.2 Å². The summed E-state index contributed by atoms with van der Waals surface area (Å²) < 4.78 is 16.6. The Hall–Kier alpha value is -3.41. The van der Waals surface area contributed by atoms with Crippen LogP contribution in [-0.2, 0) is 28.6 Å². The van der Waals surface area contributed by atoms with Gasteiger partial charge in [0.15, 0.2) is 6.10 Å². The number of hydrogen-bond acceptors (Lipinski definition) is 6. The molecule has 0 spiro atoms. The van der Waals surface area contributed by atoms with E-state index in [1.165, 1.54) is 77.0 Å². The highest BCUT2D eigenvalue weighted by Gasteiger charge is 2.19. The lowest BCUT2D eigenvalue weighted by molar-refractivity contribution is -0.166. The van der Waals surface area contributed by atoms with Crippen LogP contribution in [0.25, 0.3) is 0 Å². The van der Waals surface area contributed by atoms with Crippen molar-refractivity contribution in [3.05, 3.63) is 85.1 Å². The third kappa shape index (κ3) is 43.7. The molecule has 0 rings (SSSR count). The smallest absolute Gasteiger partial charge is 0.306 e. The summed E-state index contributed by atoms with van der Waals surface area (Å²) >= 11 is 0. The Labute approximate surface area is 356 Å². The summed E-state index contributed by atoms with van der Waals surface area (Å²) in [5, 5.41) is 0. The molecule has 6 nitrogen and oxygen atoms in total. The third-order valence-corrected chi connectivity index (χ3v) is 9.68. The van der Waals surface area contributed by atoms with Crippen LogP contribution in [0.5, 0.6) is 0 Å². The zero-order valence-corrected chi connectivity index (χ0v) is 37.5. The van der Waals surface area contributed by atoms with E-state index in [0.717, 1.165) is 83.5 Å². The first-order valence-electron chi connectivity index (χ1n) is 23.6. The normalized spacial score (nSPS) is 12.8. The lowest BCUT2D eigenvalue weighted by Gasteiger charge is -2.18. The van der Waals surface area contributed by atoms with Crippen LogP contribution >= 0.6 is 0 Å². The average Bonchev–Trinajstić information content (AvgIpc) is 3.22. The second kappa shape index (κ2) is 46.3. The van der Waals surface area contributed by atoms with E-state index in [0.29, 0.717) is 19.3 Å². The van der Waals surface area contributed by atoms with Crippen molar-refractivity contribution in [2.24, 2.45) is 0 Å². The van der Waals surface area contributed by atoms with Gasteiger partial charge in [-0.25, -0.2) is 0 Å². The Kier molecular flexibility index (Phi) is 43.6. The van der Waals surface area contributed by atoms with Crippen molar-refractivity contribution in [1.82, 2.24) is 0 Å². The van der Waals surface area contributed by atoms with Crippen molar-refractivity contribution in [2.45, 2.75) is 213 Å². The van der Waals surface area contributed by atoms with Gasteiger partial charge < -0.3 is 14.2 Å². The van der Waals surface area contributed by atoms with E-state index >= 15 is 0 Å². The van der Waals surface area contributed by atoms with E-state index in [1.54, 1.807) is 0 Å². The van der Waals surface area contributed by atoms with Crippen LogP contribution in [0.1, 0.15) is 207 Å². The first-order valence-corrected chi connectivity index (χ1v) is 23.6. The van der Waals surface area contributed by atoms with Gasteiger partial charge in [-0.15, -0.1) is 0 Å². The van der Waals surface area contributed by atoms with Gasteiger partial charge in [-0.1, -0.05) is 202 Å². The van der Waals surface area contributed by atoms with Gasteiger partial charge in [-0.3, -0.25) is 14.4 Å². The molecule has 0 aliphatic rings. The van der Waals surface area contributed by atoms with Crippen molar-refractivity contribution in [3.63, 3.8) is 0 Å². The molecule has 0 saturated heterocycles. The molecule has 0 aliphatic heterocycles. The van der Waals surface area contributed by atoms with Crippen LogP contribution in [-0.4, -0.2) is 37.2 Å². The molecule has 1 atom stereocenters. The van der Waals surface area contributed by atoms with E-state index in [9.17, 15) is 14.4 Å². The fourth-order valence-electron chi connectivity index (χ4n) is 6.11. The van der Waals surface area contributed by atoms with Gasteiger partial charge in [0, 0.05) is 19.3 Å². The van der Waals surface area contributed by atoms with Gasteiger partial charge in [0.05, 0.1) is 0 Å². The summed E-state index contributed by atoms with van der Waals surface area (Å²) in [6, 6.07) is 0. The van der Waals surface area contributed by atoms with Crippen molar-refractivity contribution in [3.8, 4) is 0 Å². The maximum atomic E-state index is 12.7. The second-order valence-corrected chi connectivity index (χ2v) is 15.3. The quantitative estimate of drug-likeness (QED) is 0.0201. The number of rotatable bonds is 41. The molecule has 0 amide bonds. The molecule has 0 heterocycles. The molecule has 1 unspecified atom stereocenters. The van der Waals surface area contributed by atoms with Crippen LogP contribution in [0.3, 0.4) is 0 Å². The van der Waals surface area contributed by atoms with Crippen LogP contribution < -0.4 is 0 Å². The van der Waals surface area contributed by atoms with Gasteiger partial charge in [-0.05, 0) is 70.6 Å². The molecule has 0 aromatic heterocycles. The Morgan fingerprint density at radius 2 is 0.776 bits per heavy atom. The lowest BCUT2D eigenvalue weighted by atomic mass is 10.0. The number of carbonyl (C=O) groups excluding carboxylic acids is 3. The summed E-state index contributed by atoms with van der Waals surface area (Å²) in [5.41, 5.74) is 0. The van der Waals surface area contributed by atoms with Gasteiger partial charge in [0.2, 0.25) is 0 Å². The fourth-order valence-corrected chi connectivity index (χ4v) is 6.11. The predicted octanol–water partition coefficient (Wildman–Crippen LogP) is 15.3.